The lowest BCUT2D eigenvalue weighted by Gasteiger charge is -2.52. The van der Waals surface area contributed by atoms with Crippen molar-refractivity contribution in [2.75, 3.05) is 21.4 Å². The number of hydrogen-bond acceptors (Lipinski definition) is 6. The van der Waals surface area contributed by atoms with Gasteiger partial charge in [-0.2, -0.15) is 0 Å². The van der Waals surface area contributed by atoms with Gasteiger partial charge in [-0.25, -0.2) is 4.98 Å². The standard InChI is InChI=1S/C58H55N5OS/c1-55(2,3)35-20-23-47-42(28-35)41-22-21-40(33-48(41)62(47)51-29-36(24-25-59-51)56(4,5)6)64-39-15-11-14-37(30-39)60-26-27-61(34-60)38-31-45-52-46(32-38)58(9,10)44-17-13-19-50-54(44)63(52)53-43(57(45,7)8)16-12-18-49(53)65-50/h11-33H,34H2,1-10H3. The molecule has 0 atom stereocenters. The molecule has 6 aromatic carbocycles. The summed E-state index contributed by atoms with van der Waals surface area (Å²) >= 11 is 1.92. The van der Waals surface area contributed by atoms with E-state index in [4.69, 9.17) is 9.72 Å². The molecule has 2 aromatic heterocycles. The van der Waals surface area contributed by atoms with E-state index in [2.05, 4.69) is 222 Å². The average Bonchev–Trinajstić information content (AvgIpc) is 3.90. The summed E-state index contributed by atoms with van der Waals surface area (Å²) in [5, 5.41) is 2.39. The molecule has 0 spiro atoms. The number of pyridine rings is 1. The molecule has 0 unspecified atom stereocenters. The van der Waals surface area contributed by atoms with Crippen LogP contribution in [0.25, 0.3) is 27.6 Å². The monoisotopic (exact) mass is 869 g/mol. The van der Waals surface area contributed by atoms with Gasteiger partial charge < -0.3 is 19.4 Å². The topological polar surface area (TPSA) is 36.8 Å². The maximum Gasteiger partial charge on any atom is 0.137 e. The second-order valence-electron chi connectivity index (χ2n) is 21.5. The van der Waals surface area contributed by atoms with Gasteiger partial charge in [-0.1, -0.05) is 117 Å². The highest BCUT2D eigenvalue weighted by molar-refractivity contribution is 7.99. The lowest BCUT2D eigenvalue weighted by Crippen LogP contribution is -2.40. The number of ether oxygens (including phenoxy) is 1. The van der Waals surface area contributed by atoms with Gasteiger partial charge in [0.25, 0.3) is 0 Å². The summed E-state index contributed by atoms with van der Waals surface area (Å²) < 4.78 is 9.06. The van der Waals surface area contributed by atoms with Crippen LogP contribution in [0.1, 0.15) is 103 Å². The normalized spacial score (nSPS) is 16.4. The summed E-state index contributed by atoms with van der Waals surface area (Å²) in [5.41, 5.74) is 16.3. The Morgan fingerprint density at radius 2 is 1.15 bits per heavy atom. The van der Waals surface area contributed by atoms with E-state index < -0.39 is 0 Å². The predicted molar refractivity (Wildman–Crippen MR) is 271 cm³/mol. The number of rotatable bonds is 5. The van der Waals surface area contributed by atoms with Crippen molar-refractivity contribution in [3.63, 3.8) is 0 Å². The molecular weight excluding hydrogens is 815 g/mol. The van der Waals surface area contributed by atoms with E-state index in [1.54, 1.807) is 0 Å². The first-order valence-electron chi connectivity index (χ1n) is 23.0. The molecule has 0 saturated carbocycles. The predicted octanol–water partition coefficient (Wildman–Crippen LogP) is 15.5. The molecule has 12 rings (SSSR count). The molecule has 65 heavy (non-hydrogen) atoms. The maximum atomic E-state index is 6.76. The number of para-hydroxylation sites is 2. The van der Waals surface area contributed by atoms with Crippen LogP contribution in [0.15, 0.2) is 150 Å². The Hall–Kier alpha value is -6.44. The van der Waals surface area contributed by atoms with E-state index in [1.807, 2.05) is 18.0 Å². The van der Waals surface area contributed by atoms with Gasteiger partial charge in [0.05, 0.1) is 34.8 Å². The summed E-state index contributed by atoms with van der Waals surface area (Å²) in [6.07, 6.45) is 6.36. The van der Waals surface area contributed by atoms with Crippen molar-refractivity contribution in [3.8, 4) is 17.3 Å². The molecule has 4 aliphatic rings. The fourth-order valence-electron chi connectivity index (χ4n) is 10.8. The van der Waals surface area contributed by atoms with E-state index in [-0.39, 0.29) is 21.7 Å². The summed E-state index contributed by atoms with van der Waals surface area (Å²) in [7, 11) is 0. The number of aromatic nitrogens is 2. The molecule has 324 valence electrons. The zero-order valence-corrected chi connectivity index (χ0v) is 39.9. The molecule has 0 radical (unpaired) electrons. The van der Waals surface area contributed by atoms with Crippen LogP contribution in [-0.4, -0.2) is 16.2 Å². The first kappa shape index (κ1) is 40.1. The Kier molecular flexibility index (Phi) is 8.36. The third kappa shape index (κ3) is 5.97. The van der Waals surface area contributed by atoms with Crippen LogP contribution in [0.2, 0.25) is 0 Å². The minimum absolute atomic E-state index is 0.0108. The van der Waals surface area contributed by atoms with E-state index in [0.29, 0.717) is 6.67 Å². The number of fused-ring (bicyclic) bond motifs is 3. The molecule has 7 heteroatoms. The Balaban J connectivity index is 0.880. The number of hydrogen-bond donors (Lipinski definition) is 0. The van der Waals surface area contributed by atoms with Crippen molar-refractivity contribution in [1.29, 1.82) is 0 Å². The van der Waals surface area contributed by atoms with Crippen LogP contribution in [-0.2, 0) is 21.7 Å². The van der Waals surface area contributed by atoms with E-state index in [0.717, 1.165) is 34.0 Å². The van der Waals surface area contributed by atoms with Crippen molar-refractivity contribution < 1.29 is 4.74 Å². The van der Waals surface area contributed by atoms with Gasteiger partial charge in [0, 0.05) is 73.5 Å². The largest absolute Gasteiger partial charge is 0.457 e. The molecule has 6 nitrogen and oxygen atoms in total. The number of nitrogens with zero attached hydrogens (tertiary/aromatic N) is 5. The lowest BCUT2D eigenvalue weighted by atomic mass is 9.66. The van der Waals surface area contributed by atoms with Gasteiger partial charge >= 0.3 is 0 Å². The van der Waals surface area contributed by atoms with Crippen molar-refractivity contribution >= 4 is 62.0 Å². The molecular formula is C58H55N5OS. The number of benzene rings is 6. The Labute approximate surface area is 387 Å². The molecule has 0 bridgehead atoms. The van der Waals surface area contributed by atoms with Crippen LogP contribution >= 0.6 is 11.8 Å². The fourth-order valence-corrected chi connectivity index (χ4v) is 11.9. The van der Waals surface area contributed by atoms with E-state index >= 15 is 0 Å². The van der Waals surface area contributed by atoms with Gasteiger partial charge in [-0.3, -0.25) is 4.57 Å². The minimum atomic E-state index is -0.184. The Morgan fingerprint density at radius 1 is 0.538 bits per heavy atom. The summed E-state index contributed by atoms with van der Waals surface area (Å²) in [6, 6.07) is 44.9. The molecule has 0 aliphatic carbocycles. The maximum absolute atomic E-state index is 6.76. The highest BCUT2D eigenvalue weighted by Gasteiger charge is 2.49. The van der Waals surface area contributed by atoms with Gasteiger partial charge in [0.2, 0.25) is 0 Å². The lowest BCUT2D eigenvalue weighted by molar-refractivity contribution is 0.483. The molecule has 0 fully saturated rings. The minimum Gasteiger partial charge on any atom is -0.457 e. The SMILES string of the molecule is CC(C)(C)c1ccnc(-n2c3ccc(C(C)(C)C)cc3c3ccc(Oc4cccc(N5C=CN(c6cc7c8c(c6)C(C)(C)c6cccc9c6N8c6c(cccc6C7(C)C)S9)C5)c4)cc32)c1. The summed E-state index contributed by atoms with van der Waals surface area (Å²) in [5.74, 6) is 2.48. The zero-order chi connectivity index (χ0) is 44.9. The van der Waals surface area contributed by atoms with Gasteiger partial charge in [0.1, 0.15) is 17.3 Å². The van der Waals surface area contributed by atoms with Crippen molar-refractivity contribution in [3.05, 3.63) is 173 Å². The van der Waals surface area contributed by atoms with Crippen LogP contribution in [0.4, 0.5) is 28.4 Å². The second kappa shape index (κ2) is 13.6. The van der Waals surface area contributed by atoms with Crippen LogP contribution in [0, 0.1) is 0 Å². The first-order chi connectivity index (χ1) is 31.0. The smallest absolute Gasteiger partial charge is 0.137 e. The van der Waals surface area contributed by atoms with Crippen molar-refractivity contribution in [2.45, 2.75) is 101 Å². The molecule has 4 aliphatic heterocycles. The molecule has 0 saturated heterocycles. The van der Waals surface area contributed by atoms with Crippen LogP contribution < -0.4 is 19.4 Å². The molecule has 0 N–H and O–H groups in total. The van der Waals surface area contributed by atoms with Crippen molar-refractivity contribution in [2.24, 2.45) is 0 Å². The van der Waals surface area contributed by atoms with Crippen LogP contribution in [0.5, 0.6) is 11.5 Å². The highest BCUT2D eigenvalue weighted by atomic mass is 32.2. The third-order valence-electron chi connectivity index (χ3n) is 14.6. The van der Waals surface area contributed by atoms with Gasteiger partial charge in [-0.05, 0) is 117 Å². The third-order valence-corrected chi connectivity index (χ3v) is 15.7. The first-order valence-corrected chi connectivity index (χ1v) is 23.8. The van der Waals surface area contributed by atoms with Crippen LogP contribution in [0.3, 0.4) is 0 Å². The fraction of sp³-hybridized carbons (Fsp3) is 0.259. The Morgan fingerprint density at radius 3 is 1.82 bits per heavy atom. The molecule has 0 amide bonds. The average molecular weight is 870 g/mol. The van der Waals surface area contributed by atoms with Gasteiger partial charge in [0.15, 0.2) is 0 Å². The van der Waals surface area contributed by atoms with E-state index in [9.17, 15) is 0 Å². The van der Waals surface area contributed by atoms with Crippen molar-refractivity contribution in [1.82, 2.24) is 9.55 Å². The molecule has 8 aromatic rings. The zero-order valence-electron chi connectivity index (χ0n) is 39.0. The summed E-state index contributed by atoms with van der Waals surface area (Å²) in [4.78, 5) is 14.9. The highest BCUT2D eigenvalue weighted by Crippen LogP contribution is 2.66. The molecule has 6 heterocycles. The second-order valence-corrected chi connectivity index (χ2v) is 22.6. The Bertz CT molecular complexity index is 3270. The van der Waals surface area contributed by atoms with E-state index in [1.165, 1.54) is 76.7 Å². The number of anilines is 5. The quantitative estimate of drug-likeness (QED) is 0.172. The summed E-state index contributed by atoms with van der Waals surface area (Å²) in [6.45, 7) is 23.9. The van der Waals surface area contributed by atoms with Gasteiger partial charge in [-0.15, -0.1) is 0 Å².